The molecule has 0 saturated heterocycles. The van der Waals surface area contributed by atoms with Crippen LogP contribution in [-0.4, -0.2) is 36.1 Å². The number of alkyl halides is 2. The predicted molar refractivity (Wildman–Crippen MR) is 92.9 cm³/mol. The highest BCUT2D eigenvalue weighted by Crippen LogP contribution is 2.18. The summed E-state index contributed by atoms with van der Waals surface area (Å²) in [6.07, 6.45) is -3.80. The van der Waals surface area contributed by atoms with Gasteiger partial charge in [0.25, 0.3) is 5.91 Å². The topological polar surface area (TPSA) is 84.9 Å². The molecule has 1 amide bonds. The van der Waals surface area contributed by atoms with Crippen LogP contribution in [0.25, 0.3) is 0 Å². The van der Waals surface area contributed by atoms with Crippen LogP contribution >= 0.6 is 0 Å². The molecule has 2 rings (SSSR count). The Morgan fingerprint density at radius 1 is 0.963 bits per heavy atom. The first-order valence-corrected chi connectivity index (χ1v) is 8.14. The van der Waals surface area contributed by atoms with Crippen molar-refractivity contribution in [1.82, 2.24) is 5.32 Å². The van der Waals surface area contributed by atoms with E-state index in [1.165, 1.54) is 0 Å². The maximum atomic E-state index is 12.3. The molecular weight excluding hydrogens is 360 g/mol. The lowest BCUT2D eigenvalue weighted by Gasteiger charge is -2.14. The number of carboxylic acid groups (broad SMARTS) is 1. The lowest BCUT2D eigenvalue weighted by molar-refractivity contribution is -0.143. The van der Waals surface area contributed by atoms with Crippen molar-refractivity contribution in [3.8, 4) is 11.5 Å². The van der Waals surface area contributed by atoms with Crippen LogP contribution in [0, 0.1) is 0 Å². The number of hydrogen-bond donors (Lipinski definition) is 2. The number of halogens is 2. The zero-order valence-corrected chi connectivity index (χ0v) is 14.3. The highest BCUT2D eigenvalue weighted by Gasteiger charge is 2.24. The van der Waals surface area contributed by atoms with E-state index in [0.717, 1.165) is 5.56 Å². The molecule has 0 bridgehead atoms. The molecule has 0 aromatic heterocycles. The summed E-state index contributed by atoms with van der Waals surface area (Å²) in [5.41, 5.74) is 1.02. The van der Waals surface area contributed by atoms with E-state index in [-0.39, 0.29) is 0 Å². The van der Waals surface area contributed by atoms with E-state index < -0.39 is 37.4 Å². The molecule has 1 unspecified atom stereocenters. The van der Waals surface area contributed by atoms with E-state index in [2.05, 4.69) is 0 Å². The van der Waals surface area contributed by atoms with Crippen molar-refractivity contribution < 1.29 is 33.0 Å². The van der Waals surface area contributed by atoms with Crippen LogP contribution in [0.5, 0.6) is 11.5 Å². The number of hydrogen-bond acceptors (Lipinski definition) is 4. The minimum Gasteiger partial charge on any atom is -0.489 e. The first-order valence-electron chi connectivity index (χ1n) is 8.14. The molecule has 0 aliphatic rings. The number of rotatable bonds is 10. The average Bonchev–Trinajstić information content (AvgIpc) is 2.65. The van der Waals surface area contributed by atoms with Crippen LogP contribution in [0.2, 0.25) is 0 Å². The second kappa shape index (κ2) is 10.1. The molecule has 0 radical (unpaired) electrons. The lowest BCUT2D eigenvalue weighted by Crippen LogP contribution is -2.44. The highest BCUT2D eigenvalue weighted by atomic mass is 19.3. The fourth-order valence-electron chi connectivity index (χ4n) is 2.16. The normalized spacial score (nSPS) is 11.7. The van der Waals surface area contributed by atoms with Gasteiger partial charge in [-0.15, -0.1) is 0 Å². The van der Waals surface area contributed by atoms with E-state index >= 15 is 0 Å². The van der Waals surface area contributed by atoms with Crippen LogP contribution < -0.4 is 14.8 Å². The molecule has 0 saturated carbocycles. The number of carbonyl (C=O) groups is 2. The summed E-state index contributed by atoms with van der Waals surface area (Å²) in [6.45, 7) is -0.0819. The molecule has 6 nitrogen and oxygen atoms in total. The van der Waals surface area contributed by atoms with E-state index in [9.17, 15) is 18.4 Å². The molecule has 0 heterocycles. The Bertz CT molecular complexity index is 738. The van der Waals surface area contributed by atoms with E-state index in [0.29, 0.717) is 18.1 Å². The molecule has 0 spiro atoms. The first-order chi connectivity index (χ1) is 12.9. The molecule has 27 heavy (non-hydrogen) atoms. The van der Waals surface area contributed by atoms with Crippen molar-refractivity contribution in [2.45, 2.75) is 25.5 Å². The Hall–Kier alpha value is -3.16. The number of ether oxygens (including phenoxy) is 2. The number of amides is 1. The van der Waals surface area contributed by atoms with Crippen molar-refractivity contribution in [2.75, 3.05) is 6.61 Å². The number of nitrogens with one attached hydrogen (secondary N) is 1. The van der Waals surface area contributed by atoms with E-state index in [1.54, 1.807) is 24.3 Å². The molecule has 1 atom stereocenters. The first kappa shape index (κ1) is 20.2. The molecule has 2 aromatic carbocycles. The standard InChI is InChI=1S/C19H19F2NO5/c20-17(21)10-16(19(24)25)22-18(23)12-27-15-8-6-14(7-9-15)26-11-13-4-2-1-3-5-13/h1-9,16-17H,10-12H2,(H,22,23)(H,24,25). The van der Waals surface area contributed by atoms with Crippen LogP contribution in [0.4, 0.5) is 8.78 Å². The third-order valence-electron chi connectivity index (χ3n) is 3.49. The van der Waals surface area contributed by atoms with Gasteiger partial charge in [-0.1, -0.05) is 30.3 Å². The Balaban J connectivity index is 1.78. The number of carbonyl (C=O) groups excluding carboxylic acids is 1. The minimum atomic E-state index is -2.84. The SMILES string of the molecule is O=C(COc1ccc(OCc2ccccc2)cc1)NC(CC(F)F)C(=O)O. The van der Waals surface area contributed by atoms with Crippen LogP contribution in [0.3, 0.4) is 0 Å². The van der Waals surface area contributed by atoms with Gasteiger partial charge in [-0.05, 0) is 29.8 Å². The molecule has 2 N–H and O–H groups in total. The van der Waals surface area contributed by atoms with Gasteiger partial charge in [-0.2, -0.15) is 0 Å². The van der Waals surface area contributed by atoms with Gasteiger partial charge < -0.3 is 19.9 Å². The molecular formula is C19H19F2NO5. The molecule has 0 fully saturated rings. The zero-order valence-electron chi connectivity index (χ0n) is 14.3. The van der Waals surface area contributed by atoms with Gasteiger partial charge in [-0.25, -0.2) is 13.6 Å². The van der Waals surface area contributed by atoms with E-state index in [1.807, 2.05) is 35.6 Å². The summed E-state index contributed by atoms with van der Waals surface area (Å²) >= 11 is 0. The summed E-state index contributed by atoms with van der Waals surface area (Å²) in [4.78, 5) is 22.5. The molecule has 144 valence electrons. The Labute approximate surface area is 154 Å². The second-order valence-electron chi connectivity index (χ2n) is 5.62. The second-order valence-corrected chi connectivity index (χ2v) is 5.62. The Kier molecular flexibility index (Phi) is 7.54. The van der Waals surface area contributed by atoms with Crippen LogP contribution in [0.1, 0.15) is 12.0 Å². The third-order valence-corrected chi connectivity index (χ3v) is 3.49. The number of carboxylic acids is 1. The van der Waals surface area contributed by atoms with Crippen molar-refractivity contribution in [3.05, 3.63) is 60.2 Å². The Morgan fingerprint density at radius 3 is 2.11 bits per heavy atom. The van der Waals surface area contributed by atoms with Crippen LogP contribution in [0.15, 0.2) is 54.6 Å². The van der Waals surface area contributed by atoms with Crippen LogP contribution in [-0.2, 0) is 16.2 Å². The van der Waals surface area contributed by atoms with Crippen molar-refractivity contribution in [2.24, 2.45) is 0 Å². The average molecular weight is 379 g/mol. The largest absolute Gasteiger partial charge is 0.489 e. The monoisotopic (exact) mass is 379 g/mol. The van der Waals surface area contributed by atoms with Gasteiger partial charge in [0.05, 0.1) is 0 Å². The maximum Gasteiger partial charge on any atom is 0.326 e. The fraction of sp³-hybridized carbons (Fsp3) is 0.263. The highest BCUT2D eigenvalue weighted by molar-refractivity contribution is 5.84. The quantitative estimate of drug-likeness (QED) is 0.663. The molecule has 8 heteroatoms. The zero-order chi connectivity index (χ0) is 19.6. The summed E-state index contributed by atoms with van der Waals surface area (Å²) < 4.78 is 35.4. The lowest BCUT2D eigenvalue weighted by atomic mass is 10.2. The van der Waals surface area contributed by atoms with Gasteiger partial charge >= 0.3 is 5.97 Å². The predicted octanol–water partition coefficient (Wildman–Crippen LogP) is 2.87. The number of benzene rings is 2. The van der Waals surface area contributed by atoms with Crippen molar-refractivity contribution in [3.63, 3.8) is 0 Å². The van der Waals surface area contributed by atoms with Gasteiger partial charge in [0.1, 0.15) is 24.1 Å². The number of aliphatic carboxylic acids is 1. The minimum absolute atomic E-state index is 0.359. The summed E-state index contributed by atoms with van der Waals surface area (Å²) in [5.74, 6) is -1.35. The summed E-state index contributed by atoms with van der Waals surface area (Å²) in [6, 6.07) is 14.5. The molecule has 2 aromatic rings. The summed E-state index contributed by atoms with van der Waals surface area (Å²) in [7, 11) is 0. The summed E-state index contributed by atoms with van der Waals surface area (Å²) in [5, 5.41) is 10.8. The molecule has 0 aliphatic heterocycles. The van der Waals surface area contributed by atoms with Crippen molar-refractivity contribution >= 4 is 11.9 Å². The molecule has 0 aliphatic carbocycles. The van der Waals surface area contributed by atoms with Crippen molar-refractivity contribution in [1.29, 1.82) is 0 Å². The van der Waals surface area contributed by atoms with Gasteiger partial charge in [0.15, 0.2) is 6.61 Å². The van der Waals surface area contributed by atoms with Gasteiger partial charge in [0, 0.05) is 6.42 Å². The van der Waals surface area contributed by atoms with Gasteiger partial charge in [0.2, 0.25) is 6.43 Å². The smallest absolute Gasteiger partial charge is 0.326 e. The maximum absolute atomic E-state index is 12.3. The third kappa shape index (κ3) is 7.31. The van der Waals surface area contributed by atoms with E-state index in [4.69, 9.17) is 14.6 Å². The van der Waals surface area contributed by atoms with Gasteiger partial charge in [-0.3, -0.25) is 4.79 Å². The Morgan fingerprint density at radius 2 is 1.56 bits per heavy atom. The fourth-order valence-corrected chi connectivity index (χ4v) is 2.16.